The van der Waals surface area contributed by atoms with E-state index in [1.807, 2.05) is 0 Å². The number of hydrogen-bond acceptors (Lipinski definition) is 3. The largest absolute Gasteiger partial charge is 0.478 e. The van der Waals surface area contributed by atoms with Gasteiger partial charge in [0.15, 0.2) is 0 Å². The Balaban J connectivity index is 3.45. The number of benzene rings is 1. The monoisotopic (exact) mass is 281 g/mol. The van der Waals surface area contributed by atoms with Crippen LogP contribution in [-0.2, 0) is 10.0 Å². The molecule has 94 valence electrons. The summed E-state index contributed by atoms with van der Waals surface area (Å²) < 4.78 is 38.6. The zero-order valence-corrected chi connectivity index (χ0v) is 10.3. The van der Waals surface area contributed by atoms with Gasteiger partial charge in [0.2, 0.25) is 10.0 Å². The minimum Gasteiger partial charge on any atom is -0.478 e. The zero-order valence-electron chi connectivity index (χ0n) is 8.70. The summed E-state index contributed by atoms with van der Waals surface area (Å²) in [6.45, 7) is 1.66. The lowest BCUT2D eigenvalue weighted by atomic mass is 10.2. The van der Waals surface area contributed by atoms with Crippen molar-refractivity contribution in [3.05, 3.63) is 28.5 Å². The van der Waals surface area contributed by atoms with Crippen LogP contribution in [0, 0.1) is 5.82 Å². The van der Waals surface area contributed by atoms with Gasteiger partial charge in [-0.05, 0) is 12.1 Å². The summed E-state index contributed by atoms with van der Waals surface area (Å²) in [5.41, 5.74) is -0.745. The quantitative estimate of drug-likeness (QED) is 0.875. The van der Waals surface area contributed by atoms with Crippen molar-refractivity contribution in [1.29, 1.82) is 0 Å². The number of carbonyl (C=O) groups is 1. The third-order valence-corrected chi connectivity index (χ3v) is 3.89. The lowest BCUT2D eigenvalue weighted by Gasteiger charge is -2.08. The Morgan fingerprint density at radius 2 is 2.12 bits per heavy atom. The summed E-state index contributed by atoms with van der Waals surface area (Å²) in [6.07, 6.45) is 0. The van der Waals surface area contributed by atoms with E-state index in [1.165, 1.54) is 0 Å². The van der Waals surface area contributed by atoms with Crippen LogP contribution in [0.25, 0.3) is 0 Å². The van der Waals surface area contributed by atoms with Crippen LogP contribution in [0.4, 0.5) is 4.39 Å². The van der Waals surface area contributed by atoms with Crippen LogP contribution < -0.4 is 4.72 Å². The van der Waals surface area contributed by atoms with Crippen molar-refractivity contribution in [2.75, 3.05) is 6.54 Å². The number of nitrogens with one attached hydrogen (secondary N) is 1. The van der Waals surface area contributed by atoms with Crippen LogP contribution in [0.2, 0.25) is 5.02 Å². The maximum Gasteiger partial charge on any atom is 0.338 e. The Hall–Kier alpha value is -1.18. The first-order valence-electron chi connectivity index (χ1n) is 4.51. The van der Waals surface area contributed by atoms with Gasteiger partial charge in [0.05, 0.1) is 10.6 Å². The molecule has 2 N–H and O–H groups in total. The van der Waals surface area contributed by atoms with E-state index in [2.05, 4.69) is 4.72 Å². The second kappa shape index (κ2) is 4.99. The van der Waals surface area contributed by atoms with E-state index in [0.717, 1.165) is 0 Å². The first-order chi connectivity index (χ1) is 7.79. The van der Waals surface area contributed by atoms with Crippen molar-refractivity contribution < 1.29 is 22.7 Å². The molecule has 0 aliphatic carbocycles. The van der Waals surface area contributed by atoms with Gasteiger partial charge in [-0.15, -0.1) is 0 Å². The molecule has 0 fully saturated rings. The summed E-state index contributed by atoms with van der Waals surface area (Å²) >= 11 is 5.57. The maximum absolute atomic E-state index is 13.2. The Morgan fingerprint density at radius 1 is 1.53 bits per heavy atom. The summed E-state index contributed by atoms with van der Waals surface area (Å²) in [6, 6.07) is 1.35. The van der Waals surface area contributed by atoms with Crippen LogP contribution in [0.3, 0.4) is 0 Å². The van der Waals surface area contributed by atoms with Crippen molar-refractivity contribution in [2.24, 2.45) is 0 Å². The van der Waals surface area contributed by atoms with Crippen LogP contribution in [0.5, 0.6) is 0 Å². The van der Waals surface area contributed by atoms with Crippen molar-refractivity contribution in [3.8, 4) is 0 Å². The average Bonchev–Trinajstić information content (AvgIpc) is 2.15. The van der Waals surface area contributed by atoms with Crippen molar-refractivity contribution in [1.82, 2.24) is 4.72 Å². The number of carboxylic acids is 1. The SMILES string of the molecule is CCNS(=O)(=O)c1cc(C(=O)O)c(F)cc1Cl. The summed E-state index contributed by atoms with van der Waals surface area (Å²) in [5.74, 6) is -2.65. The third-order valence-electron chi connectivity index (χ3n) is 1.88. The van der Waals surface area contributed by atoms with E-state index >= 15 is 0 Å². The number of hydrogen-bond donors (Lipinski definition) is 2. The molecule has 17 heavy (non-hydrogen) atoms. The Morgan fingerprint density at radius 3 is 2.59 bits per heavy atom. The van der Waals surface area contributed by atoms with Gasteiger partial charge in [-0.25, -0.2) is 22.3 Å². The zero-order chi connectivity index (χ0) is 13.2. The number of sulfonamides is 1. The van der Waals surface area contributed by atoms with E-state index in [4.69, 9.17) is 16.7 Å². The summed E-state index contributed by atoms with van der Waals surface area (Å²) in [5, 5.41) is 8.31. The van der Waals surface area contributed by atoms with E-state index < -0.39 is 32.3 Å². The highest BCUT2D eigenvalue weighted by Crippen LogP contribution is 2.24. The molecule has 0 bridgehead atoms. The maximum atomic E-state index is 13.2. The molecular weight excluding hydrogens is 273 g/mol. The predicted octanol–water partition coefficient (Wildman–Crippen LogP) is 1.48. The molecule has 0 amide bonds. The van der Waals surface area contributed by atoms with E-state index in [-0.39, 0.29) is 11.6 Å². The van der Waals surface area contributed by atoms with Crippen molar-refractivity contribution in [2.45, 2.75) is 11.8 Å². The normalized spacial score (nSPS) is 11.5. The lowest BCUT2D eigenvalue weighted by molar-refractivity contribution is 0.0691. The molecule has 1 aromatic carbocycles. The highest BCUT2D eigenvalue weighted by molar-refractivity contribution is 7.89. The van der Waals surface area contributed by atoms with Gasteiger partial charge in [0.1, 0.15) is 10.7 Å². The van der Waals surface area contributed by atoms with E-state index in [0.29, 0.717) is 12.1 Å². The Bertz CT molecular complexity index is 558. The average molecular weight is 282 g/mol. The fraction of sp³-hybridized carbons (Fsp3) is 0.222. The highest BCUT2D eigenvalue weighted by Gasteiger charge is 2.22. The fourth-order valence-corrected chi connectivity index (χ4v) is 2.75. The van der Waals surface area contributed by atoms with Gasteiger partial charge < -0.3 is 5.11 Å². The van der Waals surface area contributed by atoms with Gasteiger partial charge in [0, 0.05) is 6.54 Å². The standard InChI is InChI=1S/C9H9ClFNO4S/c1-2-12-17(15,16)8-3-5(9(13)14)7(11)4-6(8)10/h3-4,12H,2H2,1H3,(H,13,14). The first kappa shape index (κ1) is 13.9. The molecule has 0 aliphatic rings. The summed E-state index contributed by atoms with van der Waals surface area (Å²) in [4.78, 5) is 10.2. The highest BCUT2D eigenvalue weighted by atomic mass is 35.5. The van der Waals surface area contributed by atoms with Gasteiger partial charge in [-0.2, -0.15) is 0 Å². The molecule has 0 aliphatic heterocycles. The molecule has 0 aromatic heterocycles. The smallest absolute Gasteiger partial charge is 0.338 e. The van der Waals surface area contributed by atoms with Crippen LogP contribution in [-0.4, -0.2) is 26.0 Å². The van der Waals surface area contributed by atoms with E-state index in [1.54, 1.807) is 6.92 Å². The number of halogens is 2. The van der Waals surface area contributed by atoms with Crippen molar-refractivity contribution >= 4 is 27.6 Å². The fourth-order valence-electron chi connectivity index (χ4n) is 1.17. The molecule has 0 heterocycles. The first-order valence-corrected chi connectivity index (χ1v) is 6.37. The van der Waals surface area contributed by atoms with Gasteiger partial charge >= 0.3 is 5.97 Å². The van der Waals surface area contributed by atoms with Gasteiger partial charge in [-0.3, -0.25) is 0 Å². The third kappa shape index (κ3) is 2.93. The second-order valence-corrected chi connectivity index (χ2v) is 5.21. The minimum absolute atomic E-state index is 0.110. The number of aromatic carboxylic acids is 1. The van der Waals surface area contributed by atoms with Gasteiger partial charge in [-0.1, -0.05) is 18.5 Å². The predicted molar refractivity (Wildman–Crippen MR) is 59.2 cm³/mol. The minimum atomic E-state index is -3.93. The lowest BCUT2D eigenvalue weighted by Crippen LogP contribution is -2.24. The second-order valence-electron chi connectivity index (χ2n) is 3.07. The van der Waals surface area contributed by atoms with Crippen LogP contribution in [0.1, 0.15) is 17.3 Å². The summed E-state index contributed by atoms with van der Waals surface area (Å²) in [7, 11) is -3.93. The topological polar surface area (TPSA) is 83.5 Å². The van der Waals surface area contributed by atoms with Gasteiger partial charge in [0.25, 0.3) is 0 Å². The molecule has 1 rings (SSSR count). The molecule has 0 radical (unpaired) electrons. The molecule has 0 saturated carbocycles. The molecule has 0 atom stereocenters. The Labute approximate surface area is 102 Å². The molecule has 0 spiro atoms. The van der Waals surface area contributed by atoms with Crippen molar-refractivity contribution in [3.63, 3.8) is 0 Å². The number of rotatable bonds is 4. The molecule has 0 saturated heterocycles. The van der Waals surface area contributed by atoms with Crippen LogP contribution in [0.15, 0.2) is 17.0 Å². The van der Waals surface area contributed by atoms with E-state index in [9.17, 15) is 17.6 Å². The molecule has 8 heteroatoms. The molecule has 0 unspecified atom stereocenters. The number of carboxylic acid groups (broad SMARTS) is 1. The molecule has 5 nitrogen and oxygen atoms in total. The molecular formula is C9H9ClFNO4S. The molecule has 1 aromatic rings. The van der Waals surface area contributed by atoms with Crippen LogP contribution >= 0.6 is 11.6 Å². The Kier molecular flexibility index (Phi) is 4.07.